The van der Waals surface area contributed by atoms with E-state index in [0.717, 1.165) is 12.3 Å². The number of ether oxygens (including phenoxy) is 1. The maximum atomic E-state index is 5.93. The summed E-state index contributed by atoms with van der Waals surface area (Å²) in [6, 6.07) is 11.9. The average Bonchev–Trinajstić information content (AvgIpc) is 2.88. The van der Waals surface area contributed by atoms with E-state index in [1.165, 1.54) is 4.88 Å². The average molecular weight is 282 g/mol. The highest BCUT2D eigenvalue weighted by atomic mass is 35.5. The SMILES string of the molecule is CCNC(COc1cccc(Cl)c1)c1cccs1. The first kappa shape index (κ1) is 13.4. The van der Waals surface area contributed by atoms with Crippen LogP contribution in [0.4, 0.5) is 0 Å². The molecule has 0 aliphatic rings. The molecule has 1 heterocycles. The largest absolute Gasteiger partial charge is 0.492 e. The third-order valence-electron chi connectivity index (χ3n) is 2.55. The molecule has 0 aliphatic heterocycles. The summed E-state index contributed by atoms with van der Waals surface area (Å²) in [5.41, 5.74) is 0. The summed E-state index contributed by atoms with van der Waals surface area (Å²) in [5.74, 6) is 0.807. The number of hydrogen-bond donors (Lipinski definition) is 1. The summed E-state index contributed by atoms with van der Waals surface area (Å²) >= 11 is 7.67. The smallest absolute Gasteiger partial charge is 0.120 e. The summed E-state index contributed by atoms with van der Waals surface area (Å²) in [6.45, 7) is 3.62. The van der Waals surface area contributed by atoms with Crippen LogP contribution in [0.2, 0.25) is 5.02 Å². The monoisotopic (exact) mass is 281 g/mol. The van der Waals surface area contributed by atoms with Crippen LogP contribution in [0.15, 0.2) is 41.8 Å². The van der Waals surface area contributed by atoms with E-state index in [0.29, 0.717) is 11.6 Å². The van der Waals surface area contributed by atoms with E-state index >= 15 is 0 Å². The zero-order valence-corrected chi connectivity index (χ0v) is 11.8. The van der Waals surface area contributed by atoms with Crippen LogP contribution in [-0.2, 0) is 0 Å². The zero-order valence-electron chi connectivity index (χ0n) is 10.2. The number of nitrogens with one attached hydrogen (secondary N) is 1. The van der Waals surface area contributed by atoms with E-state index < -0.39 is 0 Å². The van der Waals surface area contributed by atoms with Gasteiger partial charge in [-0.25, -0.2) is 0 Å². The maximum Gasteiger partial charge on any atom is 0.120 e. The van der Waals surface area contributed by atoms with Crippen molar-refractivity contribution in [2.45, 2.75) is 13.0 Å². The van der Waals surface area contributed by atoms with Gasteiger partial charge in [0.2, 0.25) is 0 Å². The van der Waals surface area contributed by atoms with E-state index in [4.69, 9.17) is 16.3 Å². The Balaban J connectivity index is 1.98. The fourth-order valence-electron chi connectivity index (χ4n) is 1.71. The molecule has 1 aromatic carbocycles. The normalized spacial score (nSPS) is 12.3. The van der Waals surface area contributed by atoms with Crippen LogP contribution in [0.25, 0.3) is 0 Å². The van der Waals surface area contributed by atoms with Gasteiger partial charge in [0.05, 0.1) is 6.04 Å². The molecule has 0 amide bonds. The van der Waals surface area contributed by atoms with Crippen LogP contribution >= 0.6 is 22.9 Å². The van der Waals surface area contributed by atoms with Crippen LogP contribution in [0.3, 0.4) is 0 Å². The number of rotatable bonds is 6. The summed E-state index contributed by atoms with van der Waals surface area (Å²) in [5, 5.41) is 6.20. The molecule has 2 aromatic rings. The quantitative estimate of drug-likeness (QED) is 0.859. The Bertz CT molecular complexity index is 472. The molecule has 18 heavy (non-hydrogen) atoms. The van der Waals surface area contributed by atoms with Crippen LogP contribution in [0, 0.1) is 0 Å². The lowest BCUT2D eigenvalue weighted by molar-refractivity contribution is 0.270. The van der Waals surface area contributed by atoms with Crippen molar-refractivity contribution in [3.05, 3.63) is 51.7 Å². The molecule has 2 rings (SSSR count). The van der Waals surface area contributed by atoms with Crippen molar-refractivity contribution < 1.29 is 4.74 Å². The molecule has 0 fully saturated rings. The minimum atomic E-state index is 0.231. The fourth-order valence-corrected chi connectivity index (χ4v) is 2.68. The molecule has 1 unspecified atom stereocenters. The van der Waals surface area contributed by atoms with E-state index in [9.17, 15) is 0 Å². The van der Waals surface area contributed by atoms with Crippen LogP contribution in [-0.4, -0.2) is 13.2 Å². The summed E-state index contributed by atoms with van der Waals surface area (Å²) in [6.07, 6.45) is 0. The lowest BCUT2D eigenvalue weighted by atomic mass is 10.2. The molecule has 1 aromatic heterocycles. The number of halogens is 1. The Kier molecular flexibility index (Phi) is 5.05. The van der Waals surface area contributed by atoms with Crippen LogP contribution < -0.4 is 10.1 Å². The molecular formula is C14H16ClNOS. The molecule has 0 bridgehead atoms. The zero-order chi connectivity index (χ0) is 12.8. The van der Waals surface area contributed by atoms with Crippen LogP contribution in [0.5, 0.6) is 5.75 Å². The Hall–Kier alpha value is -1.03. The van der Waals surface area contributed by atoms with Gasteiger partial charge in [0.15, 0.2) is 0 Å². The highest BCUT2D eigenvalue weighted by molar-refractivity contribution is 7.10. The van der Waals surface area contributed by atoms with Gasteiger partial charge in [-0.1, -0.05) is 30.7 Å². The summed E-state index contributed by atoms with van der Waals surface area (Å²) in [7, 11) is 0. The molecule has 1 atom stereocenters. The first-order chi connectivity index (χ1) is 8.79. The third-order valence-corrected chi connectivity index (χ3v) is 3.77. The minimum absolute atomic E-state index is 0.231. The highest BCUT2D eigenvalue weighted by Gasteiger charge is 2.12. The van der Waals surface area contributed by atoms with Gasteiger partial charge in [0, 0.05) is 9.90 Å². The molecule has 0 saturated carbocycles. The summed E-state index contributed by atoms with van der Waals surface area (Å²) in [4.78, 5) is 1.29. The number of hydrogen-bond acceptors (Lipinski definition) is 3. The van der Waals surface area contributed by atoms with E-state index in [2.05, 4.69) is 29.8 Å². The molecule has 0 radical (unpaired) electrons. The van der Waals surface area contributed by atoms with Crippen molar-refractivity contribution in [3.8, 4) is 5.75 Å². The topological polar surface area (TPSA) is 21.3 Å². The second-order valence-corrected chi connectivity index (χ2v) is 5.31. The van der Waals surface area contributed by atoms with Gasteiger partial charge in [-0.3, -0.25) is 0 Å². The van der Waals surface area contributed by atoms with Gasteiger partial charge in [-0.15, -0.1) is 11.3 Å². The second kappa shape index (κ2) is 6.78. The van der Waals surface area contributed by atoms with Crippen LogP contribution in [0.1, 0.15) is 17.8 Å². The van der Waals surface area contributed by atoms with E-state index in [-0.39, 0.29) is 6.04 Å². The standard InChI is InChI=1S/C14H16ClNOS/c1-2-16-13(14-7-4-8-18-14)10-17-12-6-3-5-11(15)9-12/h3-9,13,16H,2,10H2,1H3. The van der Waals surface area contributed by atoms with Gasteiger partial charge in [0.1, 0.15) is 12.4 Å². The third kappa shape index (κ3) is 3.73. The molecule has 0 spiro atoms. The van der Waals surface area contributed by atoms with E-state index in [1.54, 1.807) is 11.3 Å². The predicted octanol–water partition coefficient (Wildman–Crippen LogP) is 4.13. The van der Waals surface area contributed by atoms with Gasteiger partial charge < -0.3 is 10.1 Å². The molecular weight excluding hydrogens is 266 g/mol. The van der Waals surface area contributed by atoms with Crippen molar-refractivity contribution in [2.24, 2.45) is 0 Å². The molecule has 4 heteroatoms. The predicted molar refractivity (Wildman–Crippen MR) is 77.7 cm³/mol. The molecule has 1 N–H and O–H groups in total. The highest BCUT2D eigenvalue weighted by Crippen LogP contribution is 2.22. The van der Waals surface area contributed by atoms with Gasteiger partial charge in [-0.2, -0.15) is 0 Å². The Labute approximate surface area is 117 Å². The van der Waals surface area contributed by atoms with Gasteiger partial charge in [0.25, 0.3) is 0 Å². The first-order valence-corrected chi connectivity index (χ1v) is 7.20. The maximum absolute atomic E-state index is 5.93. The molecule has 0 saturated heterocycles. The summed E-state index contributed by atoms with van der Waals surface area (Å²) < 4.78 is 5.79. The van der Waals surface area contributed by atoms with Crippen molar-refractivity contribution >= 4 is 22.9 Å². The molecule has 96 valence electrons. The Morgan fingerprint density at radius 1 is 1.33 bits per heavy atom. The number of thiophene rings is 1. The first-order valence-electron chi connectivity index (χ1n) is 5.94. The fraction of sp³-hybridized carbons (Fsp3) is 0.286. The lowest BCUT2D eigenvalue weighted by Gasteiger charge is -2.17. The van der Waals surface area contributed by atoms with Gasteiger partial charge >= 0.3 is 0 Å². The van der Waals surface area contributed by atoms with Crippen molar-refractivity contribution in [1.82, 2.24) is 5.32 Å². The number of benzene rings is 1. The Morgan fingerprint density at radius 2 is 2.22 bits per heavy atom. The van der Waals surface area contributed by atoms with Crippen molar-refractivity contribution in [3.63, 3.8) is 0 Å². The van der Waals surface area contributed by atoms with Gasteiger partial charge in [-0.05, 0) is 36.2 Å². The van der Waals surface area contributed by atoms with Crippen molar-refractivity contribution in [2.75, 3.05) is 13.2 Å². The Morgan fingerprint density at radius 3 is 2.89 bits per heavy atom. The van der Waals surface area contributed by atoms with Crippen molar-refractivity contribution in [1.29, 1.82) is 0 Å². The second-order valence-electron chi connectivity index (χ2n) is 3.89. The lowest BCUT2D eigenvalue weighted by Crippen LogP contribution is -2.25. The molecule has 2 nitrogen and oxygen atoms in total. The number of likely N-dealkylation sites (N-methyl/N-ethyl adjacent to an activating group) is 1. The van der Waals surface area contributed by atoms with E-state index in [1.807, 2.05) is 24.3 Å². The minimum Gasteiger partial charge on any atom is -0.492 e. The molecule has 0 aliphatic carbocycles.